The summed E-state index contributed by atoms with van der Waals surface area (Å²) in [6.45, 7) is 3.90. The Hall–Kier alpha value is -2.55. The first kappa shape index (κ1) is 17.3. The first-order valence-electron chi connectivity index (χ1n) is 7.35. The van der Waals surface area contributed by atoms with Gasteiger partial charge < -0.3 is 9.84 Å². The van der Waals surface area contributed by atoms with Gasteiger partial charge in [0.1, 0.15) is 22.9 Å². The van der Waals surface area contributed by atoms with Crippen LogP contribution in [0.25, 0.3) is 22.5 Å². The zero-order valence-corrected chi connectivity index (χ0v) is 14.1. The van der Waals surface area contributed by atoms with Gasteiger partial charge in [-0.25, -0.2) is 4.98 Å². The van der Waals surface area contributed by atoms with Gasteiger partial charge in [-0.2, -0.15) is 18.3 Å². The molecule has 9 heteroatoms. The topological polar surface area (TPSA) is 71.0 Å². The quantitative estimate of drug-likeness (QED) is 0.703. The van der Waals surface area contributed by atoms with Crippen LogP contribution in [0, 0.1) is 6.92 Å². The Kier molecular flexibility index (Phi) is 4.42. The van der Waals surface area contributed by atoms with Crippen LogP contribution in [-0.4, -0.2) is 26.9 Å². The van der Waals surface area contributed by atoms with Gasteiger partial charge in [0.15, 0.2) is 0 Å². The molecule has 0 atom stereocenters. The van der Waals surface area contributed by atoms with Gasteiger partial charge in [0.05, 0.1) is 22.9 Å². The van der Waals surface area contributed by atoms with E-state index in [1.165, 1.54) is 28.8 Å². The van der Waals surface area contributed by atoms with Crippen LogP contribution in [0.3, 0.4) is 0 Å². The molecule has 25 heavy (non-hydrogen) atoms. The van der Waals surface area contributed by atoms with Crippen LogP contribution in [0.15, 0.2) is 23.6 Å². The van der Waals surface area contributed by atoms with Crippen molar-refractivity contribution >= 4 is 11.3 Å². The molecule has 5 nitrogen and oxygen atoms in total. The second kappa shape index (κ2) is 6.40. The van der Waals surface area contributed by atoms with Gasteiger partial charge in [-0.1, -0.05) is 0 Å². The molecule has 0 unspecified atom stereocenters. The number of aryl methyl sites for hydroxylation is 1. The minimum atomic E-state index is -4.63. The number of nitrogens with zero attached hydrogens (tertiary/aromatic N) is 2. The van der Waals surface area contributed by atoms with E-state index in [0.717, 1.165) is 0 Å². The number of aromatic amines is 1. The molecular formula is C16H14F3N3O2S. The van der Waals surface area contributed by atoms with Crippen molar-refractivity contribution in [1.82, 2.24) is 15.2 Å². The van der Waals surface area contributed by atoms with Crippen molar-refractivity contribution in [2.45, 2.75) is 20.0 Å². The first-order chi connectivity index (χ1) is 11.8. The van der Waals surface area contributed by atoms with E-state index in [4.69, 9.17) is 4.74 Å². The number of phenolic OH excluding ortho intramolecular Hbond substituents is 1. The van der Waals surface area contributed by atoms with Crippen LogP contribution in [0.5, 0.6) is 11.5 Å². The maximum absolute atomic E-state index is 13.4. The van der Waals surface area contributed by atoms with Gasteiger partial charge in [0, 0.05) is 17.0 Å². The number of hydrogen-bond donors (Lipinski definition) is 2. The third kappa shape index (κ3) is 3.32. The highest BCUT2D eigenvalue weighted by Gasteiger charge is 2.39. The summed E-state index contributed by atoms with van der Waals surface area (Å²) in [5, 5.41) is 18.2. The molecule has 3 rings (SSSR count). The van der Waals surface area contributed by atoms with Crippen molar-refractivity contribution in [3.63, 3.8) is 0 Å². The van der Waals surface area contributed by atoms with Gasteiger partial charge in [-0.05, 0) is 26.0 Å². The van der Waals surface area contributed by atoms with E-state index in [2.05, 4.69) is 10.1 Å². The number of aromatic nitrogens is 3. The number of rotatable bonds is 4. The average molecular weight is 369 g/mol. The fraction of sp³-hybridized carbons (Fsp3) is 0.250. The van der Waals surface area contributed by atoms with Crippen molar-refractivity contribution in [1.29, 1.82) is 0 Å². The van der Waals surface area contributed by atoms with Crippen molar-refractivity contribution in [3.05, 3.63) is 34.3 Å². The number of aromatic hydroxyl groups is 1. The predicted octanol–water partition coefficient (Wildman–Crippen LogP) is 4.63. The van der Waals surface area contributed by atoms with Gasteiger partial charge >= 0.3 is 6.18 Å². The third-order valence-corrected chi connectivity index (χ3v) is 4.23. The molecule has 0 saturated carbocycles. The zero-order valence-electron chi connectivity index (χ0n) is 13.3. The van der Waals surface area contributed by atoms with Crippen molar-refractivity contribution < 1.29 is 23.0 Å². The van der Waals surface area contributed by atoms with Crippen LogP contribution in [0.4, 0.5) is 13.2 Å². The van der Waals surface area contributed by atoms with Crippen molar-refractivity contribution in [2.24, 2.45) is 0 Å². The fourth-order valence-electron chi connectivity index (χ4n) is 2.44. The normalized spacial score (nSPS) is 11.7. The number of phenols is 1. The molecule has 0 aliphatic rings. The average Bonchev–Trinajstić information content (AvgIpc) is 3.13. The Morgan fingerprint density at radius 1 is 1.32 bits per heavy atom. The molecule has 2 N–H and O–H groups in total. The van der Waals surface area contributed by atoms with Crippen LogP contribution in [-0.2, 0) is 6.18 Å². The minimum absolute atomic E-state index is 0.0156. The maximum atomic E-state index is 13.4. The molecule has 0 aliphatic heterocycles. The highest BCUT2D eigenvalue weighted by Crippen LogP contribution is 2.43. The minimum Gasteiger partial charge on any atom is -0.507 e. The van der Waals surface area contributed by atoms with Gasteiger partial charge in [-0.3, -0.25) is 5.10 Å². The molecule has 0 amide bonds. The molecule has 2 aromatic heterocycles. The van der Waals surface area contributed by atoms with Crippen LogP contribution in [0.1, 0.15) is 17.6 Å². The van der Waals surface area contributed by atoms with Crippen LogP contribution in [0.2, 0.25) is 0 Å². The maximum Gasteiger partial charge on any atom is 0.433 e. The third-order valence-electron chi connectivity index (χ3n) is 3.46. The molecule has 2 heterocycles. The molecule has 1 aromatic carbocycles. The number of benzene rings is 1. The summed E-state index contributed by atoms with van der Waals surface area (Å²) in [5.41, 5.74) is -0.877. The smallest absolute Gasteiger partial charge is 0.433 e. The largest absolute Gasteiger partial charge is 0.507 e. The summed E-state index contributed by atoms with van der Waals surface area (Å²) < 4.78 is 45.3. The van der Waals surface area contributed by atoms with E-state index in [1.54, 1.807) is 19.9 Å². The van der Waals surface area contributed by atoms with E-state index in [-0.39, 0.29) is 28.3 Å². The standard InChI is InChI=1S/C16H14F3N3O2S/c1-3-24-9-4-5-10(12(23)6-9)14-13(11-7-25-8(2)20-11)15(22-21-14)16(17,18)19/h4-7,23H,3H2,1-2H3,(H,21,22). The van der Waals surface area contributed by atoms with Gasteiger partial charge in [0.25, 0.3) is 0 Å². The molecule has 0 spiro atoms. The fourth-order valence-corrected chi connectivity index (χ4v) is 3.04. The van der Waals surface area contributed by atoms with Crippen molar-refractivity contribution in [3.8, 4) is 34.0 Å². The summed E-state index contributed by atoms with van der Waals surface area (Å²) in [4.78, 5) is 4.14. The Balaban J connectivity index is 2.19. The number of hydrogen-bond acceptors (Lipinski definition) is 5. The Morgan fingerprint density at radius 2 is 2.08 bits per heavy atom. The summed E-state index contributed by atoms with van der Waals surface area (Å²) in [5.74, 6) is 0.195. The second-order valence-electron chi connectivity index (χ2n) is 5.18. The van der Waals surface area contributed by atoms with E-state index in [1.807, 2.05) is 5.10 Å². The lowest BCUT2D eigenvalue weighted by molar-refractivity contribution is -0.140. The second-order valence-corrected chi connectivity index (χ2v) is 6.25. The van der Waals surface area contributed by atoms with E-state index in [0.29, 0.717) is 17.4 Å². The van der Waals surface area contributed by atoms with E-state index < -0.39 is 11.9 Å². The lowest BCUT2D eigenvalue weighted by Gasteiger charge is -2.09. The summed E-state index contributed by atoms with van der Waals surface area (Å²) >= 11 is 1.24. The van der Waals surface area contributed by atoms with E-state index in [9.17, 15) is 18.3 Å². The molecule has 0 fully saturated rings. The Bertz CT molecular complexity index is 902. The van der Waals surface area contributed by atoms with E-state index >= 15 is 0 Å². The molecule has 0 bridgehead atoms. The first-order valence-corrected chi connectivity index (χ1v) is 8.23. The number of alkyl halides is 3. The molecule has 3 aromatic rings. The molecule has 0 aliphatic carbocycles. The number of ether oxygens (including phenoxy) is 1. The Labute approximate surface area is 145 Å². The highest BCUT2D eigenvalue weighted by atomic mass is 32.1. The summed E-state index contributed by atoms with van der Waals surface area (Å²) in [6, 6.07) is 4.38. The van der Waals surface area contributed by atoms with Crippen molar-refractivity contribution in [2.75, 3.05) is 6.61 Å². The zero-order chi connectivity index (χ0) is 18.2. The SMILES string of the molecule is CCOc1ccc(-c2n[nH]c(C(F)(F)F)c2-c2csc(C)n2)c(O)c1. The van der Waals surface area contributed by atoms with Crippen LogP contribution < -0.4 is 4.74 Å². The summed E-state index contributed by atoms with van der Waals surface area (Å²) in [7, 11) is 0. The number of thiazole rings is 1. The lowest BCUT2D eigenvalue weighted by atomic mass is 10.0. The number of halogens is 3. The predicted molar refractivity (Wildman–Crippen MR) is 87.7 cm³/mol. The molecular weight excluding hydrogens is 355 g/mol. The van der Waals surface area contributed by atoms with Gasteiger partial charge in [-0.15, -0.1) is 11.3 Å². The molecule has 0 saturated heterocycles. The lowest BCUT2D eigenvalue weighted by Crippen LogP contribution is -2.07. The molecule has 0 radical (unpaired) electrons. The molecule has 132 valence electrons. The number of H-pyrrole nitrogens is 1. The number of nitrogens with one attached hydrogen (secondary N) is 1. The van der Waals surface area contributed by atoms with Crippen LogP contribution >= 0.6 is 11.3 Å². The highest BCUT2D eigenvalue weighted by molar-refractivity contribution is 7.09. The Morgan fingerprint density at radius 3 is 2.64 bits per heavy atom. The summed E-state index contributed by atoms with van der Waals surface area (Å²) in [6.07, 6.45) is -4.63. The monoisotopic (exact) mass is 369 g/mol. The van der Waals surface area contributed by atoms with Gasteiger partial charge in [0.2, 0.25) is 0 Å².